The van der Waals surface area contributed by atoms with Gasteiger partial charge in [-0.2, -0.15) is 0 Å². The maximum absolute atomic E-state index is 6.52. The summed E-state index contributed by atoms with van der Waals surface area (Å²) in [5, 5.41) is 4.80. The number of benzene rings is 6. The molecule has 0 spiro atoms. The summed E-state index contributed by atoms with van der Waals surface area (Å²) in [6, 6.07) is 46.3. The van der Waals surface area contributed by atoms with E-state index in [0.717, 1.165) is 62.9 Å². The van der Waals surface area contributed by atoms with E-state index >= 15 is 0 Å². The molecule has 0 fully saturated rings. The first-order chi connectivity index (χ1) is 26.5. The number of nitrogens with zero attached hydrogens (tertiary/aromatic N) is 3. The summed E-state index contributed by atoms with van der Waals surface area (Å²) in [5.41, 5.74) is 14.6. The standard InChI is InChI=1S/C49H33N3OS/c1-49(2)37-20-11-18-35-44(37)52(45-34-16-5-8-23-42(34)54-47(35)45)40-25-24-29(27-38(40)49)28-12-9-13-30(26-28)43-33-15-3-6-21-39(33)50-48(51-43)36-19-10-17-32-31-14-4-7-22-41(31)53-46(32)36/h3-6,8-21,23-27H,7,22H2,1-2H3. The Morgan fingerprint density at radius 3 is 2.39 bits per heavy atom. The number of para-hydroxylation sites is 3. The van der Waals surface area contributed by atoms with E-state index in [4.69, 9.17) is 14.4 Å². The van der Waals surface area contributed by atoms with E-state index in [2.05, 4.69) is 158 Å². The topological polar surface area (TPSA) is 43.9 Å². The smallest absolute Gasteiger partial charge is 0.164 e. The summed E-state index contributed by atoms with van der Waals surface area (Å²) in [5.74, 6) is 1.72. The summed E-state index contributed by atoms with van der Waals surface area (Å²) in [4.78, 5) is 10.4. The second kappa shape index (κ2) is 10.9. The van der Waals surface area contributed by atoms with Crippen LogP contribution >= 0.6 is 11.3 Å². The number of fused-ring (bicyclic) bond motifs is 11. The first-order valence-electron chi connectivity index (χ1n) is 18.7. The summed E-state index contributed by atoms with van der Waals surface area (Å²) in [6.45, 7) is 4.76. The molecular weight excluding hydrogens is 679 g/mol. The monoisotopic (exact) mass is 711 g/mol. The van der Waals surface area contributed by atoms with Gasteiger partial charge < -0.3 is 8.98 Å². The predicted molar refractivity (Wildman–Crippen MR) is 225 cm³/mol. The summed E-state index contributed by atoms with van der Waals surface area (Å²) in [7, 11) is 0. The van der Waals surface area contributed by atoms with E-state index in [9.17, 15) is 0 Å². The first kappa shape index (κ1) is 30.2. The highest BCUT2D eigenvalue weighted by Crippen LogP contribution is 2.51. The molecule has 2 aliphatic rings. The molecule has 0 atom stereocenters. The Morgan fingerprint density at radius 1 is 0.667 bits per heavy atom. The van der Waals surface area contributed by atoms with E-state index in [1.165, 1.54) is 59.1 Å². The Labute approximate surface area is 315 Å². The zero-order valence-corrected chi connectivity index (χ0v) is 30.7. The number of furan rings is 1. The van der Waals surface area contributed by atoms with Crippen molar-refractivity contribution in [2.45, 2.75) is 32.1 Å². The highest BCUT2D eigenvalue weighted by molar-refractivity contribution is 7.26. The molecule has 6 aromatic carbocycles. The molecule has 256 valence electrons. The molecule has 0 saturated heterocycles. The first-order valence-corrected chi connectivity index (χ1v) is 19.5. The van der Waals surface area contributed by atoms with Gasteiger partial charge in [-0.25, -0.2) is 9.97 Å². The fourth-order valence-electron chi connectivity index (χ4n) is 9.23. The lowest BCUT2D eigenvalue weighted by Gasteiger charge is -2.35. The van der Waals surface area contributed by atoms with Crippen LogP contribution in [0.4, 0.5) is 0 Å². The third kappa shape index (κ3) is 4.07. The molecule has 4 aromatic heterocycles. The van der Waals surface area contributed by atoms with E-state index in [0.29, 0.717) is 5.82 Å². The lowest BCUT2D eigenvalue weighted by molar-refractivity contribution is 0.547. The summed E-state index contributed by atoms with van der Waals surface area (Å²) >= 11 is 1.91. The van der Waals surface area contributed by atoms with E-state index < -0.39 is 0 Å². The molecule has 10 aromatic rings. The van der Waals surface area contributed by atoms with Gasteiger partial charge >= 0.3 is 0 Å². The van der Waals surface area contributed by atoms with Gasteiger partial charge in [0.1, 0.15) is 11.3 Å². The summed E-state index contributed by atoms with van der Waals surface area (Å²) in [6.07, 6.45) is 6.33. The average Bonchev–Trinajstić information content (AvgIpc) is 3.89. The van der Waals surface area contributed by atoms with Crippen LogP contribution in [0.1, 0.15) is 42.7 Å². The second-order valence-electron chi connectivity index (χ2n) is 15.2. The fraction of sp³-hybridized carbons (Fsp3) is 0.102. The lowest BCUT2D eigenvalue weighted by atomic mass is 9.74. The minimum atomic E-state index is -0.186. The number of rotatable bonds is 3. The number of hydrogen-bond donors (Lipinski definition) is 0. The van der Waals surface area contributed by atoms with Crippen molar-refractivity contribution in [3.8, 4) is 39.5 Å². The van der Waals surface area contributed by atoms with Crippen LogP contribution in [0.15, 0.2) is 138 Å². The van der Waals surface area contributed by atoms with E-state index in [-0.39, 0.29) is 5.41 Å². The van der Waals surface area contributed by atoms with E-state index in [1.54, 1.807) is 0 Å². The zero-order valence-electron chi connectivity index (χ0n) is 29.9. The van der Waals surface area contributed by atoms with Gasteiger partial charge in [0.05, 0.1) is 38.2 Å². The Morgan fingerprint density at radius 2 is 1.44 bits per heavy atom. The van der Waals surface area contributed by atoms with E-state index in [1.807, 2.05) is 11.3 Å². The third-order valence-corrected chi connectivity index (χ3v) is 13.0. The molecule has 5 heteroatoms. The van der Waals surface area contributed by atoms with Gasteiger partial charge in [-0.15, -0.1) is 11.3 Å². The van der Waals surface area contributed by atoms with Gasteiger partial charge in [-0.1, -0.05) is 117 Å². The molecule has 4 nitrogen and oxygen atoms in total. The molecule has 12 rings (SSSR count). The maximum atomic E-state index is 6.52. The molecular formula is C49H33N3OS. The largest absolute Gasteiger partial charge is 0.460 e. The average molecular weight is 712 g/mol. The molecule has 0 radical (unpaired) electrons. The van der Waals surface area contributed by atoms with Crippen LogP contribution in [0.25, 0.3) is 98.6 Å². The fourth-order valence-corrected chi connectivity index (χ4v) is 10.4. The molecule has 0 unspecified atom stereocenters. The Bertz CT molecular complexity index is 3260. The highest BCUT2D eigenvalue weighted by atomic mass is 32.1. The van der Waals surface area contributed by atoms with Crippen LogP contribution in [-0.4, -0.2) is 14.5 Å². The number of allylic oxidation sites excluding steroid dienone is 1. The second-order valence-corrected chi connectivity index (χ2v) is 16.3. The number of thiophene rings is 1. The van der Waals surface area contributed by atoms with Crippen molar-refractivity contribution in [1.29, 1.82) is 0 Å². The van der Waals surface area contributed by atoms with Crippen molar-refractivity contribution in [2.75, 3.05) is 0 Å². The van der Waals surface area contributed by atoms with Crippen LogP contribution in [0, 0.1) is 0 Å². The van der Waals surface area contributed by atoms with Crippen molar-refractivity contribution in [3.05, 3.63) is 156 Å². The predicted octanol–water partition coefficient (Wildman–Crippen LogP) is 13.3. The van der Waals surface area contributed by atoms with Gasteiger partial charge in [0.2, 0.25) is 0 Å². The van der Waals surface area contributed by atoms with Gasteiger partial charge in [-0.05, 0) is 65.1 Å². The van der Waals surface area contributed by atoms with Crippen molar-refractivity contribution in [2.24, 2.45) is 0 Å². The van der Waals surface area contributed by atoms with Crippen LogP contribution in [0.5, 0.6) is 0 Å². The number of aryl methyl sites for hydroxylation is 1. The van der Waals surface area contributed by atoms with Crippen molar-refractivity contribution >= 4 is 70.5 Å². The molecule has 54 heavy (non-hydrogen) atoms. The van der Waals surface area contributed by atoms with Crippen LogP contribution < -0.4 is 0 Å². The van der Waals surface area contributed by atoms with Crippen molar-refractivity contribution < 1.29 is 4.42 Å². The Balaban J connectivity index is 1.03. The molecule has 1 aliphatic heterocycles. The maximum Gasteiger partial charge on any atom is 0.164 e. The minimum absolute atomic E-state index is 0.186. The molecule has 1 aliphatic carbocycles. The van der Waals surface area contributed by atoms with Crippen molar-refractivity contribution in [3.63, 3.8) is 0 Å². The Hall–Kier alpha value is -6.30. The molecule has 0 bridgehead atoms. The van der Waals surface area contributed by atoms with Crippen LogP contribution in [0.3, 0.4) is 0 Å². The SMILES string of the molecule is CC1(C)c2cc(-c3cccc(-c4nc(-c5cccc6c7c(oc56)CCC=C7)nc5ccccc45)c3)ccc2-n2c3c1cccc3c1sc3ccccc3c12. The third-order valence-electron chi connectivity index (χ3n) is 11.8. The van der Waals surface area contributed by atoms with Gasteiger partial charge in [0, 0.05) is 49.2 Å². The summed E-state index contributed by atoms with van der Waals surface area (Å²) < 4.78 is 11.8. The Kier molecular flexibility index (Phi) is 6.08. The van der Waals surface area contributed by atoms with Gasteiger partial charge in [-0.3, -0.25) is 0 Å². The number of aromatic nitrogens is 3. The van der Waals surface area contributed by atoms with Crippen molar-refractivity contribution in [1.82, 2.24) is 14.5 Å². The molecule has 0 N–H and O–H groups in total. The minimum Gasteiger partial charge on any atom is -0.460 e. The molecule has 0 amide bonds. The molecule has 5 heterocycles. The van der Waals surface area contributed by atoms with Gasteiger partial charge in [0.15, 0.2) is 5.82 Å². The highest BCUT2D eigenvalue weighted by Gasteiger charge is 2.36. The van der Waals surface area contributed by atoms with Crippen LogP contribution in [-0.2, 0) is 11.8 Å². The normalized spacial score (nSPS) is 14.4. The molecule has 0 saturated carbocycles. The quantitative estimate of drug-likeness (QED) is 0.183. The van der Waals surface area contributed by atoms with Gasteiger partial charge in [0.25, 0.3) is 0 Å². The van der Waals surface area contributed by atoms with Crippen LogP contribution in [0.2, 0.25) is 0 Å². The lowest BCUT2D eigenvalue weighted by Crippen LogP contribution is -2.26. The zero-order chi connectivity index (χ0) is 35.7. The number of hydrogen-bond acceptors (Lipinski definition) is 4.